The minimum Gasteiger partial charge on any atom is -0.391 e. The number of amides is 1. The molecule has 2 fully saturated rings. The van der Waals surface area contributed by atoms with Crippen LogP contribution in [0.25, 0.3) is 22.4 Å². The molecule has 32 heavy (non-hydrogen) atoms. The zero-order valence-corrected chi connectivity index (χ0v) is 18.4. The van der Waals surface area contributed by atoms with Gasteiger partial charge in [-0.2, -0.15) is 0 Å². The number of hydrogen-bond donors (Lipinski definition) is 3. The van der Waals surface area contributed by atoms with Gasteiger partial charge in [-0.1, -0.05) is 36.4 Å². The Morgan fingerprint density at radius 2 is 1.69 bits per heavy atom. The van der Waals surface area contributed by atoms with E-state index in [1.165, 1.54) is 6.42 Å². The molecule has 1 aromatic heterocycles. The third-order valence-electron chi connectivity index (χ3n) is 6.89. The molecule has 0 spiro atoms. The number of carbonyl (C=O) groups is 1. The fourth-order valence-electron chi connectivity index (χ4n) is 4.92. The number of imidazole rings is 1. The topological polar surface area (TPSA) is 81.2 Å². The molecule has 1 amide bonds. The molecule has 3 atom stereocenters. The van der Waals surface area contributed by atoms with Crippen LogP contribution in [0, 0.1) is 0 Å². The Balaban J connectivity index is 1.26. The molecule has 1 aliphatic carbocycles. The number of nitrogens with one attached hydrogen (secondary N) is 2. The molecule has 2 aromatic carbocycles. The van der Waals surface area contributed by atoms with Crippen molar-refractivity contribution in [2.75, 3.05) is 13.6 Å². The Bertz CT molecular complexity index is 1070. The summed E-state index contributed by atoms with van der Waals surface area (Å²) in [5, 5.41) is 12.9. The number of benzene rings is 2. The van der Waals surface area contributed by atoms with Gasteiger partial charge in [0.25, 0.3) is 5.91 Å². The molecule has 1 saturated carbocycles. The van der Waals surface area contributed by atoms with Gasteiger partial charge < -0.3 is 15.4 Å². The van der Waals surface area contributed by atoms with Crippen LogP contribution in [-0.4, -0.2) is 51.6 Å². The Kier molecular flexibility index (Phi) is 5.81. The van der Waals surface area contributed by atoms with Crippen molar-refractivity contribution < 1.29 is 9.90 Å². The number of likely N-dealkylation sites (tertiary alicyclic amines) is 1. The van der Waals surface area contributed by atoms with E-state index in [-0.39, 0.29) is 11.9 Å². The van der Waals surface area contributed by atoms with E-state index in [0.717, 1.165) is 60.4 Å². The number of aromatic nitrogens is 2. The summed E-state index contributed by atoms with van der Waals surface area (Å²) in [4.78, 5) is 23.0. The summed E-state index contributed by atoms with van der Waals surface area (Å²) in [6.45, 7) is 1.12. The molecule has 3 aromatic rings. The molecule has 1 aliphatic heterocycles. The van der Waals surface area contributed by atoms with E-state index in [9.17, 15) is 9.90 Å². The van der Waals surface area contributed by atoms with Gasteiger partial charge >= 0.3 is 0 Å². The van der Waals surface area contributed by atoms with Crippen LogP contribution < -0.4 is 5.32 Å². The second kappa shape index (κ2) is 8.88. The summed E-state index contributed by atoms with van der Waals surface area (Å²) in [7, 11) is 2.15. The fourth-order valence-corrected chi connectivity index (χ4v) is 4.92. The quantitative estimate of drug-likeness (QED) is 0.568. The number of aromatic amines is 1. The zero-order chi connectivity index (χ0) is 22.1. The molecule has 2 heterocycles. The highest BCUT2D eigenvalue weighted by molar-refractivity contribution is 5.95. The van der Waals surface area contributed by atoms with Crippen LogP contribution in [0.3, 0.4) is 0 Å². The monoisotopic (exact) mass is 430 g/mol. The van der Waals surface area contributed by atoms with Crippen LogP contribution in [0.1, 0.15) is 54.3 Å². The summed E-state index contributed by atoms with van der Waals surface area (Å²) >= 11 is 0. The first kappa shape index (κ1) is 20.9. The smallest absolute Gasteiger partial charge is 0.251 e. The average Bonchev–Trinajstić information content (AvgIpc) is 3.56. The van der Waals surface area contributed by atoms with Gasteiger partial charge in [-0.05, 0) is 69.0 Å². The predicted molar refractivity (Wildman–Crippen MR) is 125 cm³/mol. The lowest BCUT2D eigenvalue weighted by Gasteiger charge is -2.16. The first-order chi connectivity index (χ1) is 15.6. The maximum atomic E-state index is 12.5. The SMILES string of the molecule is CN1CCC[C@H]1c1nc(-c2ccc(-c3ccc(C(=O)N[C@H]4CCC[C@@H]4O)cc3)cc2)c[nH]1. The number of rotatable bonds is 5. The van der Waals surface area contributed by atoms with Crippen molar-refractivity contribution in [2.45, 2.75) is 50.3 Å². The highest BCUT2D eigenvalue weighted by atomic mass is 16.3. The molecule has 0 unspecified atom stereocenters. The molecule has 3 N–H and O–H groups in total. The number of carbonyl (C=O) groups excluding carboxylic acids is 1. The molecule has 0 radical (unpaired) electrons. The van der Waals surface area contributed by atoms with E-state index in [1.54, 1.807) is 0 Å². The van der Waals surface area contributed by atoms with Crippen LogP contribution >= 0.6 is 0 Å². The average molecular weight is 431 g/mol. The van der Waals surface area contributed by atoms with Crippen molar-refractivity contribution in [3.8, 4) is 22.4 Å². The molecule has 6 heteroatoms. The van der Waals surface area contributed by atoms with Crippen LogP contribution in [0.5, 0.6) is 0 Å². The van der Waals surface area contributed by atoms with Crippen LogP contribution in [0.4, 0.5) is 0 Å². The van der Waals surface area contributed by atoms with Crippen molar-refractivity contribution in [3.63, 3.8) is 0 Å². The normalized spacial score (nSPS) is 23.5. The van der Waals surface area contributed by atoms with Crippen LogP contribution in [-0.2, 0) is 0 Å². The van der Waals surface area contributed by atoms with E-state index >= 15 is 0 Å². The molecule has 6 nitrogen and oxygen atoms in total. The van der Waals surface area contributed by atoms with E-state index in [1.807, 2.05) is 30.5 Å². The van der Waals surface area contributed by atoms with Gasteiger partial charge in [-0.25, -0.2) is 4.98 Å². The number of H-pyrrole nitrogens is 1. The van der Waals surface area contributed by atoms with Gasteiger partial charge in [-0.3, -0.25) is 9.69 Å². The first-order valence-electron chi connectivity index (χ1n) is 11.5. The van der Waals surface area contributed by atoms with Crippen molar-refractivity contribution >= 4 is 5.91 Å². The second-order valence-corrected chi connectivity index (χ2v) is 9.04. The summed E-state index contributed by atoms with van der Waals surface area (Å²) in [5.74, 6) is 0.920. The van der Waals surface area contributed by atoms with E-state index < -0.39 is 6.10 Å². The lowest BCUT2D eigenvalue weighted by Crippen LogP contribution is -2.39. The number of hydrogen-bond acceptors (Lipinski definition) is 4. The maximum absolute atomic E-state index is 12.5. The highest BCUT2D eigenvalue weighted by Crippen LogP contribution is 2.30. The van der Waals surface area contributed by atoms with Crippen LogP contribution in [0.15, 0.2) is 54.7 Å². The Hall–Kier alpha value is -2.96. The second-order valence-electron chi connectivity index (χ2n) is 9.04. The molecule has 5 rings (SSSR count). The lowest BCUT2D eigenvalue weighted by molar-refractivity contribution is 0.0873. The Labute approximate surface area is 188 Å². The van der Waals surface area contributed by atoms with Crippen LogP contribution in [0.2, 0.25) is 0 Å². The minimum atomic E-state index is -0.429. The number of nitrogens with zero attached hydrogens (tertiary/aromatic N) is 2. The van der Waals surface area contributed by atoms with Crippen molar-refractivity contribution in [3.05, 3.63) is 66.1 Å². The third kappa shape index (κ3) is 4.20. The number of aliphatic hydroxyl groups excluding tert-OH is 1. The molecular weight excluding hydrogens is 400 g/mol. The van der Waals surface area contributed by atoms with E-state index in [0.29, 0.717) is 11.6 Å². The van der Waals surface area contributed by atoms with Gasteiger partial charge in [0.15, 0.2) is 0 Å². The molecule has 0 bridgehead atoms. The summed E-state index contributed by atoms with van der Waals surface area (Å²) in [6.07, 6.45) is 6.49. The zero-order valence-electron chi connectivity index (χ0n) is 18.4. The molecule has 166 valence electrons. The van der Waals surface area contributed by atoms with Gasteiger partial charge in [0.1, 0.15) is 5.82 Å². The van der Waals surface area contributed by atoms with Crippen molar-refractivity contribution in [2.24, 2.45) is 0 Å². The minimum absolute atomic E-state index is 0.125. The summed E-state index contributed by atoms with van der Waals surface area (Å²) in [5.41, 5.74) is 4.82. The van der Waals surface area contributed by atoms with Gasteiger partial charge in [0, 0.05) is 17.3 Å². The molecular formula is C26H30N4O2. The Morgan fingerprint density at radius 1 is 1.00 bits per heavy atom. The summed E-state index contributed by atoms with van der Waals surface area (Å²) in [6, 6.07) is 16.3. The van der Waals surface area contributed by atoms with E-state index in [2.05, 4.69) is 46.5 Å². The number of aliphatic hydroxyl groups is 1. The maximum Gasteiger partial charge on any atom is 0.251 e. The Morgan fingerprint density at radius 3 is 2.31 bits per heavy atom. The van der Waals surface area contributed by atoms with Gasteiger partial charge in [0.05, 0.1) is 23.9 Å². The third-order valence-corrected chi connectivity index (χ3v) is 6.89. The highest BCUT2D eigenvalue weighted by Gasteiger charge is 2.27. The first-order valence-corrected chi connectivity index (χ1v) is 11.5. The van der Waals surface area contributed by atoms with Crippen molar-refractivity contribution in [1.82, 2.24) is 20.2 Å². The predicted octanol–water partition coefficient (Wildman–Crippen LogP) is 4.15. The molecule has 1 saturated heterocycles. The summed E-state index contributed by atoms with van der Waals surface area (Å²) < 4.78 is 0. The largest absolute Gasteiger partial charge is 0.391 e. The molecule has 2 aliphatic rings. The van der Waals surface area contributed by atoms with Gasteiger partial charge in [-0.15, -0.1) is 0 Å². The van der Waals surface area contributed by atoms with Crippen molar-refractivity contribution in [1.29, 1.82) is 0 Å². The fraction of sp³-hybridized carbons (Fsp3) is 0.385. The lowest BCUT2D eigenvalue weighted by atomic mass is 10.0. The van der Waals surface area contributed by atoms with Gasteiger partial charge in [0.2, 0.25) is 0 Å². The van der Waals surface area contributed by atoms with E-state index in [4.69, 9.17) is 4.98 Å². The standard InChI is InChI=1S/C26H30N4O2/c1-30-15-3-5-23(30)25-27-16-22(28-25)19-11-7-17(8-12-19)18-9-13-20(14-10-18)26(32)29-21-4-2-6-24(21)31/h7-14,16,21,23-24,31H,2-6,15H2,1H3,(H,27,28)(H,29,32)/t21-,23-,24-/m0/s1.